The van der Waals surface area contributed by atoms with Crippen LogP contribution in [-0.4, -0.2) is 46.4 Å². The second-order valence-corrected chi connectivity index (χ2v) is 9.14. The second-order valence-electron chi connectivity index (χ2n) is 9.14. The van der Waals surface area contributed by atoms with Crippen molar-refractivity contribution in [3.8, 4) is 17.0 Å². The highest BCUT2D eigenvalue weighted by Gasteiger charge is 2.30. The molecule has 0 bridgehead atoms. The average molecular weight is 434 g/mol. The summed E-state index contributed by atoms with van der Waals surface area (Å²) >= 11 is 0. The molecule has 1 aromatic carbocycles. The predicted octanol–water partition coefficient (Wildman–Crippen LogP) is 4.09. The minimum absolute atomic E-state index is 0.0466. The molecule has 3 heterocycles. The van der Waals surface area contributed by atoms with E-state index in [4.69, 9.17) is 15.5 Å². The topological polar surface area (TPSA) is 76.1 Å². The third-order valence-electron chi connectivity index (χ3n) is 6.91. The van der Waals surface area contributed by atoms with Gasteiger partial charge in [-0.1, -0.05) is 19.3 Å². The number of likely N-dealkylation sites (N-methyl/N-ethyl adjacent to an activating group) is 1. The molecular weight excluding hydrogens is 402 g/mol. The van der Waals surface area contributed by atoms with Gasteiger partial charge in [0.25, 0.3) is 5.91 Å². The Morgan fingerprint density at radius 2 is 1.97 bits per heavy atom. The number of nitrogen functional groups attached to an aromatic ring is 1. The molecular formula is C25H31N5O2. The van der Waals surface area contributed by atoms with Crippen LogP contribution < -0.4 is 15.4 Å². The van der Waals surface area contributed by atoms with Gasteiger partial charge < -0.3 is 19.8 Å². The van der Waals surface area contributed by atoms with Gasteiger partial charge in [-0.2, -0.15) is 0 Å². The minimum Gasteiger partial charge on any atom is -0.479 e. The Morgan fingerprint density at radius 3 is 2.75 bits per heavy atom. The SMILES string of the molecule is CC1Oc2ccc(-c3nc4ccc(N)cn4c3CN(C)C3CCCCC3)cc2N(C)C1=O. The Morgan fingerprint density at radius 1 is 1.19 bits per heavy atom. The van der Waals surface area contributed by atoms with E-state index in [-0.39, 0.29) is 5.91 Å². The summed E-state index contributed by atoms with van der Waals surface area (Å²) in [7, 11) is 4.01. The highest BCUT2D eigenvalue weighted by Crippen LogP contribution is 2.38. The lowest BCUT2D eigenvalue weighted by Crippen LogP contribution is -2.41. The van der Waals surface area contributed by atoms with Crippen LogP contribution in [0.3, 0.4) is 0 Å². The summed E-state index contributed by atoms with van der Waals surface area (Å²) in [6.07, 6.45) is 7.89. The summed E-state index contributed by atoms with van der Waals surface area (Å²) in [4.78, 5) is 21.6. The van der Waals surface area contributed by atoms with Gasteiger partial charge >= 0.3 is 0 Å². The number of hydrogen-bond acceptors (Lipinski definition) is 5. The van der Waals surface area contributed by atoms with Crippen LogP contribution >= 0.6 is 0 Å². The van der Waals surface area contributed by atoms with Crippen molar-refractivity contribution in [3.05, 3.63) is 42.2 Å². The van der Waals surface area contributed by atoms with E-state index >= 15 is 0 Å². The third kappa shape index (κ3) is 3.60. The monoisotopic (exact) mass is 433 g/mol. The minimum atomic E-state index is -0.476. The molecule has 0 spiro atoms. The van der Waals surface area contributed by atoms with E-state index < -0.39 is 6.10 Å². The van der Waals surface area contributed by atoms with Crippen LogP contribution in [-0.2, 0) is 11.3 Å². The van der Waals surface area contributed by atoms with Crippen molar-refractivity contribution in [1.82, 2.24) is 14.3 Å². The standard InChI is InChI=1S/C25H31N5O2/c1-16-25(31)29(3)20-13-17(9-11-22(20)32-16)24-21(15-28(2)19-7-5-4-6-8-19)30-14-18(26)10-12-23(30)27-24/h9-14,16,19H,4-8,15,26H2,1-3H3. The third-order valence-corrected chi connectivity index (χ3v) is 6.91. The maximum Gasteiger partial charge on any atom is 0.267 e. The first-order valence-electron chi connectivity index (χ1n) is 11.5. The van der Waals surface area contributed by atoms with E-state index in [1.54, 1.807) is 18.9 Å². The number of anilines is 2. The summed E-state index contributed by atoms with van der Waals surface area (Å²) in [5.41, 5.74) is 11.5. The second kappa shape index (κ2) is 8.13. The number of carbonyl (C=O) groups is 1. The van der Waals surface area contributed by atoms with Crippen LogP contribution in [0.15, 0.2) is 36.5 Å². The van der Waals surface area contributed by atoms with Crippen LogP contribution in [0, 0.1) is 0 Å². The molecule has 1 aliphatic heterocycles. The number of hydrogen-bond donors (Lipinski definition) is 1. The van der Waals surface area contributed by atoms with E-state index in [9.17, 15) is 4.79 Å². The molecule has 2 aliphatic rings. The zero-order valence-electron chi connectivity index (χ0n) is 19.0. The maximum absolute atomic E-state index is 12.5. The van der Waals surface area contributed by atoms with Gasteiger partial charge in [-0.05, 0) is 57.1 Å². The molecule has 168 valence electrons. The molecule has 5 rings (SSSR count). The lowest BCUT2D eigenvalue weighted by Gasteiger charge is -2.31. The largest absolute Gasteiger partial charge is 0.479 e. The highest BCUT2D eigenvalue weighted by molar-refractivity contribution is 6.00. The van der Waals surface area contributed by atoms with Crippen LogP contribution in [0.1, 0.15) is 44.7 Å². The predicted molar refractivity (Wildman–Crippen MR) is 127 cm³/mol. The first-order valence-corrected chi connectivity index (χ1v) is 11.5. The van der Waals surface area contributed by atoms with E-state index in [0.717, 1.165) is 40.6 Å². The number of carbonyl (C=O) groups excluding carboxylic acids is 1. The zero-order valence-corrected chi connectivity index (χ0v) is 19.0. The number of aromatic nitrogens is 2. The van der Waals surface area contributed by atoms with E-state index in [2.05, 4.69) is 16.3 Å². The van der Waals surface area contributed by atoms with Crippen LogP contribution in [0.2, 0.25) is 0 Å². The molecule has 0 saturated heterocycles. The Bertz CT molecular complexity index is 1160. The van der Waals surface area contributed by atoms with Gasteiger partial charge in [-0.15, -0.1) is 0 Å². The van der Waals surface area contributed by atoms with E-state index in [0.29, 0.717) is 11.7 Å². The summed E-state index contributed by atoms with van der Waals surface area (Å²) < 4.78 is 7.92. The number of amides is 1. The lowest BCUT2D eigenvalue weighted by atomic mass is 9.94. The van der Waals surface area contributed by atoms with Crippen molar-refractivity contribution in [2.24, 2.45) is 0 Å². The molecule has 2 N–H and O–H groups in total. The van der Waals surface area contributed by atoms with E-state index in [1.807, 2.05) is 36.5 Å². The fourth-order valence-corrected chi connectivity index (χ4v) is 5.04. The molecule has 0 radical (unpaired) electrons. The lowest BCUT2D eigenvalue weighted by molar-refractivity contribution is -0.125. The van der Waals surface area contributed by atoms with Gasteiger partial charge in [0.15, 0.2) is 6.10 Å². The summed E-state index contributed by atoms with van der Waals surface area (Å²) in [5.74, 6) is 0.673. The molecule has 7 nitrogen and oxygen atoms in total. The van der Waals surface area contributed by atoms with Gasteiger partial charge in [0, 0.05) is 37.1 Å². The average Bonchev–Trinajstić information content (AvgIpc) is 3.15. The molecule has 7 heteroatoms. The first kappa shape index (κ1) is 20.8. The van der Waals surface area contributed by atoms with Gasteiger partial charge in [0.1, 0.15) is 11.4 Å². The molecule has 1 aliphatic carbocycles. The van der Waals surface area contributed by atoms with Crippen molar-refractivity contribution in [3.63, 3.8) is 0 Å². The quantitative estimate of drug-likeness (QED) is 0.671. The van der Waals surface area contributed by atoms with Gasteiger partial charge in [0.05, 0.1) is 17.1 Å². The molecule has 2 aromatic heterocycles. The Hall–Kier alpha value is -3.06. The Labute approximate surface area is 188 Å². The molecule has 1 atom stereocenters. The summed E-state index contributed by atoms with van der Waals surface area (Å²) in [6.45, 7) is 2.56. The number of benzene rings is 1. The van der Waals surface area contributed by atoms with Crippen molar-refractivity contribution in [2.75, 3.05) is 24.7 Å². The molecule has 1 amide bonds. The van der Waals surface area contributed by atoms with Gasteiger partial charge in [-0.25, -0.2) is 4.98 Å². The Balaban J connectivity index is 1.58. The molecule has 1 saturated carbocycles. The van der Waals surface area contributed by atoms with Gasteiger partial charge in [-0.3, -0.25) is 9.69 Å². The fraction of sp³-hybridized carbons (Fsp3) is 0.440. The van der Waals surface area contributed by atoms with Gasteiger partial charge in [0.2, 0.25) is 0 Å². The maximum atomic E-state index is 12.5. The number of imidazole rings is 1. The number of fused-ring (bicyclic) bond motifs is 2. The van der Waals surface area contributed by atoms with Crippen molar-refractivity contribution in [2.45, 2.75) is 57.7 Å². The molecule has 1 fully saturated rings. The number of ether oxygens (including phenoxy) is 1. The van der Waals surface area contributed by atoms with Crippen LogP contribution in [0.4, 0.5) is 11.4 Å². The van der Waals surface area contributed by atoms with Crippen molar-refractivity contribution in [1.29, 1.82) is 0 Å². The number of pyridine rings is 1. The van der Waals surface area contributed by atoms with E-state index in [1.165, 1.54) is 32.1 Å². The first-order chi connectivity index (χ1) is 15.4. The van der Waals surface area contributed by atoms with Crippen molar-refractivity contribution < 1.29 is 9.53 Å². The number of rotatable bonds is 4. The normalized spacial score (nSPS) is 19.4. The summed E-state index contributed by atoms with van der Waals surface area (Å²) in [5, 5.41) is 0. The van der Waals surface area contributed by atoms with Crippen molar-refractivity contribution >= 4 is 22.9 Å². The van der Waals surface area contributed by atoms with Crippen LogP contribution in [0.5, 0.6) is 5.75 Å². The van der Waals surface area contributed by atoms with Crippen LogP contribution in [0.25, 0.3) is 16.9 Å². The number of nitrogens with two attached hydrogens (primary N) is 1. The zero-order chi connectivity index (χ0) is 22.4. The smallest absolute Gasteiger partial charge is 0.267 e. The molecule has 3 aromatic rings. The Kier molecular flexibility index (Phi) is 5.29. The number of nitrogens with zero attached hydrogens (tertiary/aromatic N) is 4. The fourth-order valence-electron chi connectivity index (χ4n) is 5.04. The molecule has 1 unspecified atom stereocenters. The molecule has 32 heavy (non-hydrogen) atoms. The highest BCUT2D eigenvalue weighted by atomic mass is 16.5. The summed E-state index contributed by atoms with van der Waals surface area (Å²) in [6, 6.07) is 10.4.